The first kappa shape index (κ1) is 19.8. The van der Waals surface area contributed by atoms with Crippen molar-refractivity contribution < 1.29 is 4.39 Å². The fourth-order valence-electron chi connectivity index (χ4n) is 3.11. The molecule has 0 saturated heterocycles. The van der Waals surface area contributed by atoms with Gasteiger partial charge in [0, 0.05) is 18.4 Å². The Morgan fingerprint density at radius 2 is 2.08 bits per heavy atom. The van der Waals surface area contributed by atoms with Crippen LogP contribution in [0.15, 0.2) is 72.6 Å². The highest BCUT2D eigenvalue weighted by Crippen LogP contribution is 2.28. The molecule has 1 saturated carbocycles. The molecule has 0 aliphatic heterocycles. The molecule has 26 heavy (non-hydrogen) atoms. The van der Waals surface area contributed by atoms with Crippen molar-refractivity contribution in [3.05, 3.63) is 78.3 Å². The molecule has 0 bridgehead atoms. The van der Waals surface area contributed by atoms with Crippen molar-refractivity contribution in [2.75, 3.05) is 13.2 Å². The summed E-state index contributed by atoms with van der Waals surface area (Å²) in [5, 5.41) is 11.7. The van der Waals surface area contributed by atoms with Crippen LogP contribution in [0.5, 0.6) is 0 Å². The third-order valence-electron chi connectivity index (χ3n) is 4.56. The fourth-order valence-corrected chi connectivity index (χ4v) is 3.11. The summed E-state index contributed by atoms with van der Waals surface area (Å²) >= 11 is 0. The molecule has 1 aromatic heterocycles. The summed E-state index contributed by atoms with van der Waals surface area (Å²) < 4.78 is 13.3. The standard InChI is InChI=1S/C22H28FN3/c1-2-3-5-10-18(16-23)17-26-22(19-11-6-4-7-12-19)15-20(24)21-13-8-9-14-25-21/h2-3,5,8-10,13-15,19,24,26H,1,4,6-7,11-12,16-17H2/b5-3-,18-10+,22-15-,24-20?. The van der Waals surface area contributed by atoms with Crippen molar-refractivity contribution in [3.63, 3.8) is 0 Å². The van der Waals surface area contributed by atoms with Crippen LogP contribution in [-0.2, 0) is 0 Å². The van der Waals surface area contributed by atoms with Crippen molar-refractivity contribution in [2.24, 2.45) is 5.92 Å². The maximum atomic E-state index is 13.3. The Balaban J connectivity index is 2.14. The Labute approximate surface area is 155 Å². The third kappa shape index (κ3) is 6.43. The quantitative estimate of drug-likeness (QED) is 0.477. The lowest BCUT2D eigenvalue weighted by Crippen LogP contribution is -2.25. The van der Waals surface area contributed by atoms with Crippen molar-refractivity contribution in [1.82, 2.24) is 10.3 Å². The number of nitrogens with zero attached hydrogens (tertiary/aromatic N) is 1. The molecule has 0 spiro atoms. The number of halogens is 1. The summed E-state index contributed by atoms with van der Waals surface area (Å²) in [6, 6.07) is 5.56. The van der Waals surface area contributed by atoms with Gasteiger partial charge in [-0.15, -0.1) is 0 Å². The maximum Gasteiger partial charge on any atom is 0.113 e. The van der Waals surface area contributed by atoms with E-state index >= 15 is 0 Å². The van der Waals surface area contributed by atoms with E-state index in [1.54, 1.807) is 30.5 Å². The van der Waals surface area contributed by atoms with Gasteiger partial charge >= 0.3 is 0 Å². The highest BCUT2D eigenvalue weighted by Gasteiger charge is 2.18. The van der Waals surface area contributed by atoms with Crippen molar-refractivity contribution in [2.45, 2.75) is 32.1 Å². The minimum Gasteiger partial charge on any atom is -0.384 e. The minimum absolute atomic E-state index is 0.385. The van der Waals surface area contributed by atoms with Crippen LogP contribution in [0.3, 0.4) is 0 Å². The third-order valence-corrected chi connectivity index (χ3v) is 4.56. The molecule has 1 aromatic rings. The van der Waals surface area contributed by atoms with E-state index in [-0.39, 0.29) is 0 Å². The highest BCUT2D eigenvalue weighted by atomic mass is 19.1. The van der Waals surface area contributed by atoms with Gasteiger partial charge in [-0.2, -0.15) is 0 Å². The zero-order valence-corrected chi connectivity index (χ0v) is 15.3. The predicted octanol–water partition coefficient (Wildman–Crippen LogP) is 5.14. The van der Waals surface area contributed by atoms with E-state index in [0.29, 0.717) is 29.4 Å². The van der Waals surface area contributed by atoms with Crippen LogP contribution in [0.4, 0.5) is 4.39 Å². The number of nitrogens with one attached hydrogen (secondary N) is 2. The number of rotatable bonds is 9. The molecule has 1 fully saturated rings. The summed E-state index contributed by atoms with van der Waals surface area (Å²) in [7, 11) is 0. The van der Waals surface area contributed by atoms with E-state index in [1.807, 2.05) is 24.3 Å². The molecule has 3 nitrogen and oxygen atoms in total. The number of aromatic nitrogens is 1. The predicted molar refractivity (Wildman–Crippen MR) is 107 cm³/mol. The Bertz CT molecular complexity index is 668. The first-order valence-corrected chi connectivity index (χ1v) is 9.23. The Hall–Kier alpha value is -2.49. The molecule has 4 heteroatoms. The molecule has 2 N–H and O–H groups in total. The van der Waals surface area contributed by atoms with Crippen molar-refractivity contribution in [3.8, 4) is 0 Å². The molecule has 0 atom stereocenters. The van der Waals surface area contributed by atoms with Crippen LogP contribution >= 0.6 is 0 Å². The molecular weight excluding hydrogens is 325 g/mol. The summed E-state index contributed by atoms with van der Waals surface area (Å²) in [4.78, 5) is 4.25. The van der Waals surface area contributed by atoms with Crippen LogP contribution < -0.4 is 5.32 Å². The Morgan fingerprint density at radius 1 is 1.27 bits per heavy atom. The monoisotopic (exact) mass is 353 g/mol. The molecular formula is C22H28FN3. The van der Waals surface area contributed by atoms with Gasteiger partial charge in [-0.1, -0.05) is 56.2 Å². The molecule has 1 heterocycles. The van der Waals surface area contributed by atoms with Gasteiger partial charge < -0.3 is 5.32 Å². The maximum absolute atomic E-state index is 13.3. The van der Waals surface area contributed by atoms with Crippen molar-refractivity contribution in [1.29, 1.82) is 5.41 Å². The van der Waals surface area contributed by atoms with Crippen LogP contribution in [0.2, 0.25) is 0 Å². The van der Waals surface area contributed by atoms with Crippen LogP contribution in [0.1, 0.15) is 37.8 Å². The normalized spacial score (nSPS) is 16.7. The first-order chi connectivity index (χ1) is 12.7. The fraction of sp³-hybridized carbons (Fsp3) is 0.364. The first-order valence-electron chi connectivity index (χ1n) is 9.23. The zero-order valence-electron chi connectivity index (χ0n) is 15.3. The van der Waals surface area contributed by atoms with Gasteiger partial charge in [-0.3, -0.25) is 10.4 Å². The summed E-state index contributed by atoms with van der Waals surface area (Å²) in [5.74, 6) is 0.400. The van der Waals surface area contributed by atoms with Gasteiger partial charge in [0.2, 0.25) is 0 Å². The van der Waals surface area contributed by atoms with E-state index in [9.17, 15) is 4.39 Å². The Morgan fingerprint density at radius 3 is 2.73 bits per heavy atom. The number of alkyl halides is 1. The number of allylic oxidation sites excluding steroid dienone is 6. The average molecular weight is 353 g/mol. The van der Waals surface area contributed by atoms with Gasteiger partial charge in [-0.25, -0.2) is 4.39 Å². The Kier molecular flexibility index (Phi) is 8.53. The second kappa shape index (κ2) is 11.2. The van der Waals surface area contributed by atoms with Gasteiger partial charge in [0.05, 0.1) is 11.4 Å². The molecule has 138 valence electrons. The lowest BCUT2D eigenvalue weighted by molar-refractivity contribution is 0.387. The summed E-state index contributed by atoms with van der Waals surface area (Å²) in [5.41, 5.74) is 2.73. The lowest BCUT2D eigenvalue weighted by atomic mass is 9.86. The molecule has 2 rings (SSSR count). The zero-order chi connectivity index (χ0) is 18.6. The van der Waals surface area contributed by atoms with Crippen molar-refractivity contribution >= 4 is 5.71 Å². The van der Waals surface area contributed by atoms with Crippen LogP contribution in [0, 0.1) is 11.3 Å². The van der Waals surface area contributed by atoms with Crippen LogP contribution in [0.25, 0.3) is 0 Å². The van der Waals surface area contributed by atoms with E-state index in [1.165, 1.54) is 19.3 Å². The SMILES string of the molecule is C=C/C=C\C=C(/CF)CN/C(=C\C(=N)c1ccccn1)C1CCCCC1. The molecule has 1 aliphatic carbocycles. The number of pyridine rings is 1. The lowest BCUT2D eigenvalue weighted by Gasteiger charge is -2.26. The van der Waals surface area contributed by atoms with E-state index in [4.69, 9.17) is 5.41 Å². The van der Waals surface area contributed by atoms with Crippen LogP contribution in [-0.4, -0.2) is 23.9 Å². The van der Waals surface area contributed by atoms with Gasteiger partial charge in [0.15, 0.2) is 0 Å². The number of hydrogen-bond acceptors (Lipinski definition) is 3. The molecule has 0 unspecified atom stereocenters. The molecule has 0 aromatic carbocycles. The second-order valence-corrected chi connectivity index (χ2v) is 6.50. The molecule has 1 aliphatic rings. The number of hydrogen-bond donors (Lipinski definition) is 2. The topological polar surface area (TPSA) is 48.8 Å². The van der Waals surface area contributed by atoms with E-state index in [2.05, 4.69) is 16.9 Å². The highest BCUT2D eigenvalue weighted by molar-refractivity contribution is 6.05. The summed E-state index contributed by atoms with van der Waals surface area (Å²) in [6.07, 6.45) is 16.5. The smallest absolute Gasteiger partial charge is 0.113 e. The minimum atomic E-state index is -0.496. The van der Waals surface area contributed by atoms with Gasteiger partial charge in [0.25, 0.3) is 0 Å². The largest absolute Gasteiger partial charge is 0.384 e. The van der Waals surface area contributed by atoms with E-state index < -0.39 is 6.67 Å². The summed E-state index contributed by atoms with van der Waals surface area (Å²) in [6.45, 7) is 3.56. The van der Waals surface area contributed by atoms with E-state index in [0.717, 1.165) is 18.5 Å². The average Bonchev–Trinajstić information content (AvgIpc) is 2.70. The molecule has 0 radical (unpaired) electrons. The van der Waals surface area contributed by atoms with Gasteiger partial charge in [-0.05, 0) is 42.5 Å². The van der Waals surface area contributed by atoms with Gasteiger partial charge in [0.1, 0.15) is 6.67 Å². The second-order valence-electron chi connectivity index (χ2n) is 6.50. The molecule has 0 amide bonds.